The van der Waals surface area contributed by atoms with Crippen molar-refractivity contribution in [3.05, 3.63) is 59.5 Å². The van der Waals surface area contributed by atoms with E-state index in [1.165, 1.54) is 12.1 Å². The van der Waals surface area contributed by atoms with Gasteiger partial charge in [0.05, 0.1) is 28.7 Å². The number of hydrogen-bond donors (Lipinski definition) is 3. The molecule has 3 aromatic rings. The first-order valence-corrected chi connectivity index (χ1v) is 8.33. The van der Waals surface area contributed by atoms with E-state index in [9.17, 15) is 9.50 Å². The number of hydrogen-bond acceptors (Lipinski definition) is 6. The number of benzene rings is 1. The van der Waals surface area contributed by atoms with Crippen LogP contribution in [0, 0.1) is 5.82 Å². The van der Waals surface area contributed by atoms with Gasteiger partial charge in [-0.3, -0.25) is 4.98 Å². The number of para-hydroxylation sites is 1. The number of halogens is 2. The zero-order valence-electron chi connectivity index (χ0n) is 13.9. The Balaban J connectivity index is 2.02. The Bertz CT molecular complexity index is 874. The summed E-state index contributed by atoms with van der Waals surface area (Å²) >= 11 is 6.08. The fourth-order valence-corrected chi connectivity index (χ4v) is 2.44. The SMILES string of the molecule is C[C@H](CO)Nc1nc(Nc2c(F)cccc2Cl)cc(-c2ccccn2)n1. The van der Waals surface area contributed by atoms with E-state index in [1.807, 2.05) is 6.07 Å². The molecule has 6 nitrogen and oxygen atoms in total. The Labute approximate surface area is 155 Å². The molecule has 1 atom stereocenters. The van der Waals surface area contributed by atoms with Gasteiger partial charge >= 0.3 is 0 Å². The molecule has 0 radical (unpaired) electrons. The van der Waals surface area contributed by atoms with Crippen LogP contribution in [-0.2, 0) is 0 Å². The van der Waals surface area contributed by atoms with Crippen LogP contribution in [0.15, 0.2) is 48.7 Å². The number of aliphatic hydroxyl groups excluding tert-OH is 1. The van der Waals surface area contributed by atoms with E-state index in [-0.39, 0.29) is 29.3 Å². The standard InChI is InChI=1S/C18H17ClFN5O/c1-11(10-26)22-18-23-15(14-7-2-3-8-21-14)9-16(25-18)24-17-12(19)5-4-6-13(17)20/h2-9,11,26H,10H2,1H3,(H2,22,23,24,25)/t11-/m1/s1. The Morgan fingerprint density at radius 1 is 1.15 bits per heavy atom. The highest BCUT2D eigenvalue weighted by Crippen LogP contribution is 2.29. The summed E-state index contributed by atoms with van der Waals surface area (Å²) in [4.78, 5) is 13.0. The maximum atomic E-state index is 14.1. The molecule has 2 aromatic heterocycles. The summed E-state index contributed by atoms with van der Waals surface area (Å²) < 4.78 is 14.1. The maximum absolute atomic E-state index is 14.1. The summed E-state index contributed by atoms with van der Waals surface area (Å²) in [6, 6.07) is 11.3. The number of nitrogens with one attached hydrogen (secondary N) is 2. The quantitative estimate of drug-likeness (QED) is 0.608. The van der Waals surface area contributed by atoms with Gasteiger partial charge in [0.25, 0.3) is 0 Å². The first kappa shape index (κ1) is 18.0. The lowest BCUT2D eigenvalue weighted by molar-refractivity contribution is 0.281. The molecule has 0 spiro atoms. The molecule has 0 bridgehead atoms. The van der Waals surface area contributed by atoms with Gasteiger partial charge < -0.3 is 15.7 Å². The van der Waals surface area contributed by atoms with E-state index in [1.54, 1.807) is 37.4 Å². The molecule has 134 valence electrons. The van der Waals surface area contributed by atoms with Gasteiger partial charge in [0.15, 0.2) is 0 Å². The second-order valence-electron chi connectivity index (χ2n) is 5.63. The number of nitrogens with zero attached hydrogens (tertiary/aromatic N) is 3. The summed E-state index contributed by atoms with van der Waals surface area (Å²) in [6.07, 6.45) is 1.65. The third-order valence-corrected chi connectivity index (χ3v) is 3.83. The van der Waals surface area contributed by atoms with Gasteiger partial charge in [-0.2, -0.15) is 4.98 Å². The third-order valence-electron chi connectivity index (χ3n) is 3.52. The van der Waals surface area contributed by atoms with Crippen molar-refractivity contribution in [1.82, 2.24) is 15.0 Å². The smallest absolute Gasteiger partial charge is 0.225 e. The Kier molecular flexibility index (Phi) is 5.60. The number of anilines is 3. The number of rotatable bonds is 6. The zero-order chi connectivity index (χ0) is 18.5. The molecule has 1 aromatic carbocycles. The Morgan fingerprint density at radius 2 is 2.00 bits per heavy atom. The lowest BCUT2D eigenvalue weighted by Gasteiger charge is -2.14. The second kappa shape index (κ2) is 8.07. The van der Waals surface area contributed by atoms with E-state index in [0.29, 0.717) is 17.2 Å². The van der Waals surface area contributed by atoms with Gasteiger partial charge in [-0.15, -0.1) is 0 Å². The van der Waals surface area contributed by atoms with Crippen LogP contribution in [-0.4, -0.2) is 32.7 Å². The van der Waals surface area contributed by atoms with Crippen molar-refractivity contribution in [3.63, 3.8) is 0 Å². The van der Waals surface area contributed by atoms with Crippen LogP contribution < -0.4 is 10.6 Å². The maximum Gasteiger partial charge on any atom is 0.225 e. The molecule has 0 fully saturated rings. The third kappa shape index (κ3) is 4.25. The van der Waals surface area contributed by atoms with Crippen molar-refractivity contribution in [2.75, 3.05) is 17.2 Å². The zero-order valence-corrected chi connectivity index (χ0v) is 14.7. The predicted octanol–water partition coefficient (Wildman–Crippen LogP) is 3.87. The molecule has 0 aliphatic rings. The van der Waals surface area contributed by atoms with Crippen molar-refractivity contribution >= 4 is 29.1 Å². The average molecular weight is 374 g/mol. The Morgan fingerprint density at radius 3 is 2.69 bits per heavy atom. The van der Waals surface area contributed by atoms with Crippen LogP contribution >= 0.6 is 11.6 Å². The number of pyridine rings is 1. The van der Waals surface area contributed by atoms with Gasteiger partial charge in [-0.1, -0.05) is 23.7 Å². The normalized spacial score (nSPS) is 11.8. The van der Waals surface area contributed by atoms with Crippen molar-refractivity contribution in [2.45, 2.75) is 13.0 Å². The minimum absolute atomic E-state index is 0.0842. The monoisotopic (exact) mass is 373 g/mol. The molecule has 0 unspecified atom stereocenters. The summed E-state index contributed by atoms with van der Waals surface area (Å²) in [5.41, 5.74) is 1.31. The first-order chi connectivity index (χ1) is 12.6. The second-order valence-corrected chi connectivity index (χ2v) is 6.03. The molecular formula is C18H17ClFN5O. The largest absolute Gasteiger partial charge is 0.394 e. The van der Waals surface area contributed by atoms with Crippen molar-refractivity contribution in [1.29, 1.82) is 0 Å². The molecule has 0 amide bonds. The highest BCUT2D eigenvalue weighted by atomic mass is 35.5. The molecule has 0 aliphatic heterocycles. The van der Waals surface area contributed by atoms with Crippen LogP contribution in [0.1, 0.15) is 6.92 Å². The van der Waals surface area contributed by atoms with Crippen LogP contribution in [0.25, 0.3) is 11.4 Å². The van der Waals surface area contributed by atoms with Crippen molar-refractivity contribution in [3.8, 4) is 11.4 Å². The topological polar surface area (TPSA) is 83.0 Å². The van der Waals surface area contributed by atoms with Crippen LogP contribution in [0.5, 0.6) is 0 Å². The molecule has 2 heterocycles. The Hall–Kier alpha value is -2.77. The summed E-state index contributed by atoms with van der Waals surface area (Å²) in [5.74, 6) is 0.138. The lowest BCUT2D eigenvalue weighted by Crippen LogP contribution is -2.21. The lowest BCUT2D eigenvalue weighted by atomic mass is 10.2. The van der Waals surface area contributed by atoms with E-state index in [2.05, 4.69) is 25.6 Å². The molecule has 0 saturated carbocycles. The first-order valence-electron chi connectivity index (χ1n) is 7.95. The van der Waals surface area contributed by atoms with Gasteiger partial charge in [0.2, 0.25) is 5.95 Å². The van der Waals surface area contributed by atoms with E-state index < -0.39 is 5.82 Å². The van der Waals surface area contributed by atoms with Crippen molar-refractivity contribution in [2.24, 2.45) is 0 Å². The van der Waals surface area contributed by atoms with Gasteiger partial charge in [0, 0.05) is 18.3 Å². The van der Waals surface area contributed by atoms with Crippen LogP contribution in [0.2, 0.25) is 5.02 Å². The van der Waals surface area contributed by atoms with Crippen molar-refractivity contribution < 1.29 is 9.50 Å². The highest BCUT2D eigenvalue weighted by molar-refractivity contribution is 6.33. The molecule has 0 saturated heterocycles. The average Bonchev–Trinajstić information content (AvgIpc) is 2.65. The minimum atomic E-state index is -0.492. The molecule has 3 N–H and O–H groups in total. The molecule has 0 aliphatic carbocycles. The van der Waals surface area contributed by atoms with E-state index in [4.69, 9.17) is 11.6 Å². The fourth-order valence-electron chi connectivity index (χ4n) is 2.23. The van der Waals surface area contributed by atoms with Gasteiger partial charge in [-0.25, -0.2) is 9.37 Å². The summed E-state index contributed by atoms with van der Waals surface area (Å²) in [6.45, 7) is 1.71. The van der Waals surface area contributed by atoms with E-state index >= 15 is 0 Å². The predicted molar refractivity (Wildman–Crippen MR) is 100 cm³/mol. The van der Waals surface area contributed by atoms with Gasteiger partial charge in [-0.05, 0) is 31.2 Å². The summed E-state index contributed by atoms with van der Waals surface area (Å²) in [5, 5.41) is 15.4. The minimum Gasteiger partial charge on any atom is -0.394 e. The number of aromatic nitrogens is 3. The molecule has 8 heteroatoms. The van der Waals surface area contributed by atoms with Gasteiger partial charge in [0.1, 0.15) is 11.6 Å². The van der Waals surface area contributed by atoms with E-state index in [0.717, 1.165) is 0 Å². The number of aliphatic hydroxyl groups is 1. The molecule has 3 rings (SSSR count). The molecule has 26 heavy (non-hydrogen) atoms. The fraction of sp³-hybridized carbons (Fsp3) is 0.167. The van der Waals surface area contributed by atoms with Crippen LogP contribution in [0.3, 0.4) is 0 Å². The highest BCUT2D eigenvalue weighted by Gasteiger charge is 2.13. The summed E-state index contributed by atoms with van der Waals surface area (Å²) in [7, 11) is 0. The molecular weight excluding hydrogens is 357 g/mol. The van der Waals surface area contributed by atoms with Crippen LogP contribution in [0.4, 0.5) is 21.8 Å².